The van der Waals surface area contributed by atoms with Crippen LogP contribution in [0, 0.1) is 0 Å². The smallest absolute Gasteiger partial charge is 0.339 e. The van der Waals surface area contributed by atoms with Crippen LogP contribution in [0.5, 0.6) is 0 Å². The zero-order valence-corrected chi connectivity index (χ0v) is 9.67. The van der Waals surface area contributed by atoms with Crippen molar-refractivity contribution in [3.8, 4) is 0 Å². The highest BCUT2D eigenvalue weighted by atomic mass is 16.5. The van der Waals surface area contributed by atoms with E-state index in [4.69, 9.17) is 9.84 Å². The van der Waals surface area contributed by atoms with Crippen LogP contribution in [0.3, 0.4) is 0 Å². The van der Waals surface area contributed by atoms with E-state index in [1.54, 1.807) is 37.4 Å². The fourth-order valence-corrected chi connectivity index (χ4v) is 1.41. The van der Waals surface area contributed by atoms with Crippen LogP contribution in [-0.2, 0) is 4.74 Å². The molecule has 0 aliphatic carbocycles. The fraction of sp³-hybridized carbons (Fsp3) is 0.455. The Morgan fingerprint density at radius 2 is 2.38 bits per heavy atom. The van der Waals surface area contributed by atoms with Crippen molar-refractivity contribution >= 4 is 11.8 Å². The number of hydrogen-bond donors (Lipinski definition) is 1. The van der Waals surface area contributed by atoms with E-state index < -0.39 is 5.97 Å². The molecule has 5 heteroatoms. The quantitative estimate of drug-likeness (QED) is 0.815. The molecule has 0 aliphatic heterocycles. The molecule has 0 amide bonds. The van der Waals surface area contributed by atoms with E-state index in [-0.39, 0.29) is 11.6 Å². The summed E-state index contributed by atoms with van der Waals surface area (Å²) in [6.07, 6.45) is 1.58. The van der Waals surface area contributed by atoms with Gasteiger partial charge in [0.25, 0.3) is 0 Å². The number of pyridine rings is 1. The molecule has 1 unspecified atom stereocenters. The lowest BCUT2D eigenvalue weighted by molar-refractivity contribution is 0.0697. The van der Waals surface area contributed by atoms with Gasteiger partial charge in [0.1, 0.15) is 11.4 Å². The van der Waals surface area contributed by atoms with Crippen LogP contribution < -0.4 is 4.90 Å². The topological polar surface area (TPSA) is 62.7 Å². The summed E-state index contributed by atoms with van der Waals surface area (Å²) in [7, 11) is 3.42. The van der Waals surface area contributed by atoms with Crippen LogP contribution in [-0.4, -0.2) is 42.9 Å². The standard InChI is InChI=1S/C11H16N2O3/c1-8(7-16-3)13(2)10-9(11(14)15)5-4-6-12-10/h4-6,8H,7H2,1-3H3,(H,14,15). The molecule has 0 aromatic carbocycles. The molecular formula is C11H16N2O3. The van der Waals surface area contributed by atoms with E-state index in [0.29, 0.717) is 12.4 Å². The predicted octanol–water partition coefficient (Wildman–Crippen LogP) is 1.25. The van der Waals surface area contributed by atoms with Crippen molar-refractivity contribution < 1.29 is 14.6 Å². The van der Waals surface area contributed by atoms with Crippen LogP contribution in [0.4, 0.5) is 5.82 Å². The Balaban J connectivity index is 2.98. The average Bonchev–Trinajstić information content (AvgIpc) is 2.28. The van der Waals surface area contributed by atoms with Crippen LogP contribution >= 0.6 is 0 Å². The van der Waals surface area contributed by atoms with Gasteiger partial charge in [-0.3, -0.25) is 0 Å². The summed E-state index contributed by atoms with van der Waals surface area (Å²) >= 11 is 0. The lowest BCUT2D eigenvalue weighted by Gasteiger charge is -2.26. The number of carboxylic acids is 1. The maximum Gasteiger partial charge on any atom is 0.339 e. The second-order valence-electron chi connectivity index (χ2n) is 3.59. The number of aromatic carboxylic acids is 1. The third-order valence-corrected chi connectivity index (χ3v) is 2.42. The molecule has 1 rings (SSSR count). The molecule has 5 nitrogen and oxygen atoms in total. The van der Waals surface area contributed by atoms with Crippen molar-refractivity contribution in [1.82, 2.24) is 4.98 Å². The van der Waals surface area contributed by atoms with Gasteiger partial charge in [0.15, 0.2) is 0 Å². The predicted molar refractivity (Wildman–Crippen MR) is 60.9 cm³/mol. The van der Waals surface area contributed by atoms with Gasteiger partial charge in [-0.1, -0.05) is 0 Å². The number of anilines is 1. The van der Waals surface area contributed by atoms with E-state index in [9.17, 15) is 4.79 Å². The summed E-state index contributed by atoms with van der Waals surface area (Å²) in [5.74, 6) is -0.515. The molecule has 0 fully saturated rings. The molecule has 1 N–H and O–H groups in total. The van der Waals surface area contributed by atoms with Gasteiger partial charge >= 0.3 is 5.97 Å². The third kappa shape index (κ3) is 2.70. The van der Waals surface area contributed by atoms with Gasteiger partial charge < -0.3 is 14.7 Å². The summed E-state index contributed by atoms with van der Waals surface area (Å²) in [6.45, 7) is 2.47. The number of carbonyl (C=O) groups is 1. The Hall–Kier alpha value is -1.62. The second-order valence-corrected chi connectivity index (χ2v) is 3.59. The second kappa shape index (κ2) is 5.46. The molecule has 16 heavy (non-hydrogen) atoms. The molecule has 88 valence electrons. The first kappa shape index (κ1) is 12.4. The minimum absolute atomic E-state index is 0.0676. The Bertz CT molecular complexity index is 368. The monoisotopic (exact) mass is 224 g/mol. The number of ether oxygens (including phenoxy) is 1. The van der Waals surface area contributed by atoms with Gasteiger partial charge in [-0.2, -0.15) is 0 Å². The van der Waals surface area contributed by atoms with Gasteiger partial charge in [0.05, 0.1) is 12.6 Å². The molecule has 0 bridgehead atoms. The Labute approximate surface area is 94.7 Å². The molecule has 0 saturated carbocycles. The minimum atomic E-state index is -0.973. The van der Waals surface area contributed by atoms with Crippen LogP contribution in [0.25, 0.3) is 0 Å². The first-order valence-electron chi connectivity index (χ1n) is 4.98. The van der Waals surface area contributed by atoms with Crippen LogP contribution in [0.2, 0.25) is 0 Å². The van der Waals surface area contributed by atoms with E-state index in [0.717, 1.165) is 0 Å². The molecule has 0 radical (unpaired) electrons. The van der Waals surface area contributed by atoms with E-state index in [1.807, 2.05) is 6.92 Å². The van der Waals surface area contributed by atoms with Gasteiger partial charge in [-0.15, -0.1) is 0 Å². The largest absolute Gasteiger partial charge is 0.478 e. The Morgan fingerprint density at radius 1 is 1.69 bits per heavy atom. The third-order valence-electron chi connectivity index (χ3n) is 2.42. The number of hydrogen-bond acceptors (Lipinski definition) is 4. The van der Waals surface area contributed by atoms with Gasteiger partial charge in [-0.25, -0.2) is 9.78 Å². The zero-order valence-electron chi connectivity index (χ0n) is 9.67. The first-order valence-corrected chi connectivity index (χ1v) is 4.98. The van der Waals surface area contributed by atoms with Gasteiger partial charge in [0, 0.05) is 20.4 Å². The molecule has 1 aromatic rings. The number of aromatic nitrogens is 1. The fourth-order valence-electron chi connectivity index (χ4n) is 1.41. The zero-order chi connectivity index (χ0) is 12.1. The molecular weight excluding hydrogens is 208 g/mol. The van der Waals surface area contributed by atoms with Crippen LogP contribution in [0.1, 0.15) is 17.3 Å². The Kier molecular flexibility index (Phi) is 4.25. The normalized spacial score (nSPS) is 12.2. The van der Waals surface area contributed by atoms with Crippen LogP contribution in [0.15, 0.2) is 18.3 Å². The molecule has 0 spiro atoms. The van der Waals surface area contributed by atoms with Gasteiger partial charge in [0.2, 0.25) is 0 Å². The molecule has 0 aliphatic rings. The highest BCUT2D eigenvalue weighted by Gasteiger charge is 2.18. The number of methoxy groups -OCH3 is 1. The molecule has 1 aromatic heterocycles. The summed E-state index contributed by atoms with van der Waals surface area (Å²) in [5.41, 5.74) is 0.202. The van der Waals surface area contributed by atoms with Crippen molar-refractivity contribution in [1.29, 1.82) is 0 Å². The summed E-state index contributed by atoms with van der Waals surface area (Å²) in [5, 5.41) is 9.03. The van der Waals surface area contributed by atoms with E-state index >= 15 is 0 Å². The summed E-state index contributed by atoms with van der Waals surface area (Å²) in [4.78, 5) is 16.9. The highest BCUT2D eigenvalue weighted by molar-refractivity contribution is 5.93. The summed E-state index contributed by atoms with van der Waals surface area (Å²) in [6, 6.07) is 3.22. The Morgan fingerprint density at radius 3 is 2.94 bits per heavy atom. The number of nitrogens with zero attached hydrogens (tertiary/aromatic N) is 2. The molecule has 1 atom stereocenters. The van der Waals surface area contributed by atoms with Crippen molar-refractivity contribution in [3.05, 3.63) is 23.9 Å². The maximum atomic E-state index is 11.0. The van der Waals surface area contributed by atoms with E-state index in [1.165, 1.54) is 0 Å². The number of carboxylic acid groups (broad SMARTS) is 1. The average molecular weight is 224 g/mol. The van der Waals surface area contributed by atoms with Crippen molar-refractivity contribution in [2.24, 2.45) is 0 Å². The van der Waals surface area contributed by atoms with Gasteiger partial charge in [-0.05, 0) is 19.1 Å². The summed E-state index contributed by atoms with van der Waals surface area (Å²) < 4.78 is 5.03. The maximum absolute atomic E-state index is 11.0. The SMILES string of the molecule is COCC(C)N(C)c1ncccc1C(=O)O. The lowest BCUT2D eigenvalue weighted by atomic mass is 10.2. The van der Waals surface area contributed by atoms with E-state index in [2.05, 4.69) is 4.98 Å². The number of likely N-dealkylation sites (N-methyl/N-ethyl adjacent to an activating group) is 1. The van der Waals surface area contributed by atoms with Crippen molar-refractivity contribution in [2.45, 2.75) is 13.0 Å². The number of rotatable bonds is 5. The molecule has 0 saturated heterocycles. The van der Waals surface area contributed by atoms with Crippen molar-refractivity contribution in [3.63, 3.8) is 0 Å². The molecule has 1 heterocycles. The lowest BCUT2D eigenvalue weighted by Crippen LogP contribution is -2.34. The minimum Gasteiger partial charge on any atom is -0.478 e. The van der Waals surface area contributed by atoms with Crippen molar-refractivity contribution in [2.75, 3.05) is 25.7 Å². The first-order chi connectivity index (χ1) is 7.57. The highest BCUT2D eigenvalue weighted by Crippen LogP contribution is 2.17.